The van der Waals surface area contributed by atoms with Crippen LogP contribution in [0.2, 0.25) is 5.02 Å². The van der Waals surface area contributed by atoms with Crippen molar-refractivity contribution in [3.8, 4) is 0 Å². The quantitative estimate of drug-likeness (QED) is 0.723. The van der Waals surface area contributed by atoms with Gasteiger partial charge in [-0.15, -0.1) is 0 Å². The van der Waals surface area contributed by atoms with Crippen LogP contribution in [-0.4, -0.2) is 26.7 Å². The van der Waals surface area contributed by atoms with Gasteiger partial charge in [0.25, 0.3) is 11.8 Å². The van der Waals surface area contributed by atoms with Gasteiger partial charge in [-0.25, -0.2) is 4.98 Å². The second-order valence-electron chi connectivity index (χ2n) is 7.25. The molecule has 0 aliphatic carbocycles. The van der Waals surface area contributed by atoms with Crippen LogP contribution in [0.1, 0.15) is 47.4 Å². The van der Waals surface area contributed by atoms with E-state index < -0.39 is 5.54 Å². The fourth-order valence-corrected chi connectivity index (χ4v) is 2.76. The molecule has 0 aliphatic heterocycles. The van der Waals surface area contributed by atoms with Gasteiger partial charge in [-0.3, -0.25) is 14.0 Å². The number of nitrogens with zero attached hydrogens (tertiary/aromatic N) is 2. The van der Waals surface area contributed by atoms with Crippen LogP contribution in [0.5, 0.6) is 0 Å². The molecular formula is C20H21ClN4O2. The lowest BCUT2D eigenvalue weighted by Gasteiger charge is -2.19. The molecular weight excluding hydrogens is 364 g/mol. The average Bonchev–Trinajstić information content (AvgIpc) is 2.99. The van der Waals surface area contributed by atoms with Gasteiger partial charge >= 0.3 is 0 Å². The normalized spacial score (nSPS) is 11.4. The first-order chi connectivity index (χ1) is 12.7. The molecule has 3 rings (SSSR count). The number of halogens is 1. The molecule has 0 atom stereocenters. The van der Waals surface area contributed by atoms with E-state index in [1.165, 1.54) is 0 Å². The minimum Gasteiger partial charge on any atom is -0.347 e. The second-order valence-corrected chi connectivity index (χ2v) is 7.69. The maximum absolute atomic E-state index is 12.7. The maximum atomic E-state index is 12.7. The first kappa shape index (κ1) is 18.9. The minimum atomic E-state index is -0.408. The third-order valence-electron chi connectivity index (χ3n) is 3.82. The highest BCUT2D eigenvalue weighted by Gasteiger charge is 2.23. The van der Waals surface area contributed by atoms with Gasteiger partial charge in [0.1, 0.15) is 0 Å². The fourth-order valence-electron chi connectivity index (χ4n) is 2.63. The Morgan fingerprint density at radius 1 is 1.07 bits per heavy atom. The number of nitrogens with one attached hydrogen (secondary N) is 2. The summed E-state index contributed by atoms with van der Waals surface area (Å²) in [6.45, 7) is 6.01. The van der Waals surface area contributed by atoms with Crippen molar-refractivity contribution in [1.82, 2.24) is 20.0 Å². The van der Waals surface area contributed by atoms with Crippen molar-refractivity contribution in [2.24, 2.45) is 0 Å². The summed E-state index contributed by atoms with van der Waals surface area (Å²) in [5.41, 5.74) is 1.30. The van der Waals surface area contributed by atoms with Crippen molar-refractivity contribution in [3.05, 3.63) is 70.8 Å². The van der Waals surface area contributed by atoms with Crippen LogP contribution in [0, 0.1) is 0 Å². The molecule has 0 aliphatic rings. The van der Waals surface area contributed by atoms with E-state index in [0.29, 0.717) is 17.1 Å². The zero-order valence-electron chi connectivity index (χ0n) is 15.4. The highest BCUT2D eigenvalue weighted by atomic mass is 35.5. The highest BCUT2D eigenvalue weighted by molar-refractivity contribution is 6.30. The largest absolute Gasteiger partial charge is 0.347 e. The van der Waals surface area contributed by atoms with Gasteiger partial charge in [0.05, 0.1) is 5.52 Å². The molecule has 140 valence electrons. The molecule has 0 bridgehead atoms. The van der Waals surface area contributed by atoms with Crippen LogP contribution in [0.4, 0.5) is 0 Å². The number of imidazole rings is 1. The summed E-state index contributed by atoms with van der Waals surface area (Å²) < 4.78 is 1.62. The molecule has 1 aromatic carbocycles. The van der Waals surface area contributed by atoms with E-state index in [-0.39, 0.29) is 23.3 Å². The Labute approximate surface area is 162 Å². The molecule has 0 unspecified atom stereocenters. The van der Waals surface area contributed by atoms with Gasteiger partial charge in [-0.1, -0.05) is 29.8 Å². The number of hydrogen-bond acceptors (Lipinski definition) is 3. The molecule has 2 amide bonds. The van der Waals surface area contributed by atoms with Crippen LogP contribution >= 0.6 is 11.6 Å². The van der Waals surface area contributed by atoms with E-state index in [0.717, 1.165) is 5.56 Å². The number of benzene rings is 1. The third-order valence-corrected chi connectivity index (χ3v) is 4.07. The molecule has 2 heterocycles. The summed E-state index contributed by atoms with van der Waals surface area (Å²) in [6, 6.07) is 12.6. The van der Waals surface area contributed by atoms with Crippen molar-refractivity contribution < 1.29 is 9.59 Å². The summed E-state index contributed by atoms with van der Waals surface area (Å²) in [5.74, 6) is -0.499. The fraction of sp³-hybridized carbons (Fsp3) is 0.250. The molecule has 7 heteroatoms. The molecule has 0 radical (unpaired) electrons. The summed E-state index contributed by atoms with van der Waals surface area (Å²) in [7, 11) is 0. The predicted octanol–water partition coefficient (Wildman–Crippen LogP) is 3.45. The van der Waals surface area contributed by atoms with Gasteiger partial charge in [-0.2, -0.15) is 0 Å². The smallest absolute Gasteiger partial charge is 0.288 e. The van der Waals surface area contributed by atoms with E-state index in [9.17, 15) is 9.59 Å². The van der Waals surface area contributed by atoms with Crippen LogP contribution in [0.3, 0.4) is 0 Å². The predicted molar refractivity (Wildman–Crippen MR) is 105 cm³/mol. The average molecular weight is 385 g/mol. The van der Waals surface area contributed by atoms with Crippen LogP contribution in [-0.2, 0) is 6.54 Å². The number of fused-ring (bicyclic) bond motifs is 1. The Balaban J connectivity index is 1.86. The summed E-state index contributed by atoms with van der Waals surface area (Å²) in [5, 5.41) is 6.35. The molecule has 2 aromatic heterocycles. The molecule has 0 saturated heterocycles. The van der Waals surface area contributed by atoms with Crippen molar-refractivity contribution in [1.29, 1.82) is 0 Å². The topological polar surface area (TPSA) is 75.5 Å². The summed E-state index contributed by atoms with van der Waals surface area (Å²) in [4.78, 5) is 29.6. The van der Waals surface area contributed by atoms with Crippen LogP contribution in [0.15, 0.2) is 48.7 Å². The van der Waals surface area contributed by atoms with Gasteiger partial charge in [-0.05, 0) is 50.6 Å². The van der Waals surface area contributed by atoms with Gasteiger partial charge in [0, 0.05) is 23.3 Å². The molecule has 27 heavy (non-hydrogen) atoms. The van der Waals surface area contributed by atoms with E-state index in [4.69, 9.17) is 11.6 Å². The van der Waals surface area contributed by atoms with Gasteiger partial charge in [0.15, 0.2) is 5.69 Å². The zero-order chi connectivity index (χ0) is 19.6. The standard InChI is InChI=1S/C20H21ClN4O2/c1-20(2,3)24-19(27)17-23-16(15-6-4-5-11-25(15)17)18(26)22-12-13-7-9-14(21)10-8-13/h4-11H,12H2,1-3H3,(H,22,26)(H,24,27). The zero-order valence-corrected chi connectivity index (χ0v) is 16.2. The van der Waals surface area contributed by atoms with E-state index >= 15 is 0 Å². The number of rotatable bonds is 4. The van der Waals surface area contributed by atoms with Gasteiger partial charge in [0.2, 0.25) is 5.82 Å². The molecule has 6 nitrogen and oxygen atoms in total. The SMILES string of the molecule is CC(C)(C)NC(=O)c1nc(C(=O)NCc2ccc(Cl)cc2)c2ccccn12. The number of aromatic nitrogens is 2. The summed E-state index contributed by atoms with van der Waals surface area (Å²) in [6.07, 6.45) is 1.72. The van der Waals surface area contributed by atoms with E-state index in [1.807, 2.05) is 32.9 Å². The van der Waals surface area contributed by atoms with Crippen molar-refractivity contribution in [2.45, 2.75) is 32.9 Å². The second kappa shape index (κ2) is 7.40. The first-order valence-electron chi connectivity index (χ1n) is 8.57. The molecule has 3 aromatic rings. The molecule has 0 fully saturated rings. The van der Waals surface area contributed by atoms with Crippen molar-refractivity contribution in [2.75, 3.05) is 0 Å². The lowest BCUT2D eigenvalue weighted by molar-refractivity contribution is 0.0908. The van der Waals surface area contributed by atoms with E-state index in [2.05, 4.69) is 15.6 Å². The Hall–Kier alpha value is -2.86. The van der Waals surface area contributed by atoms with Crippen LogP contribution in [0.25, 0.3) is 5.52 Å². The molecule has 2 N–H and O–H groups in total. The van der Waals surface area contributed by atoms with Crippen molar-refractivity contribution >= 4 is 28.9 Å². The minimum absolute atomic E-state index is 0.178. The molecule has 0 spiro atoms. The lowest BCUT2D eigenvalue weighted by atomic mass is 10.1. The Bertz CT molecular complexity index is 987. The van der Waals surface area contributed by atoms with Crippen molar-refractivity contribution in [3.63, 3.8) is 0 Å². The monoisotopic (exact) mass is 384 g/mol. The third kappa shape index (κ3) is 4.46. The number of carbonyl (C=O) groups excluding carboxylic acids is 2. The lowest BCUT2D eigenvalue weighted by Crippen LogP contribution is -2.41. The number of amides is 2. The summed E-state index contributed by atoms with van der Waals surface area (Å²) >= 11 is 5.88. The van der Waals surface area contributed by atoms with Gasteiger partial charge < -0.3 is 10.6 Å². The Kier molecular flexibility index (Phi) is 5.19. The highest BCUT2D eigenvalue weighted by Crippen LogP contribution is 2.15. The maximum Gasteiger partial charge on any atom is 0.288 e. The molecule has 0 saturated carbocycles. The Morgan fingerprint density at radius 2 is 1.78 bits per heavy atom. The Morgan fingerprint density at radius 3 is 2.44 bits per heavy atom. The number of carbonyl (C=O) groups is 2. The number of hydrogen-bond donors (Lipinski definition) is 2. The number of pyridine rings is 1. The van der Waals surface area contributed by atoms with Crippen LogP contribution < -0.4 is 10.6 Å². The van der Waals surface area contributed by atoms with E-state index in [1.54, 1.807) is 40.9 Å². The first-order valence-corrected chi connectivity index (χ1v) is 8.94.